The summed E-state index contributed by atoms with van der Waals surface area (Å²) in [5.74, 6) is 1.07. The van der Waals surface area contributed by atoms with Gasteiger partial charge in [-0.05, 0) is 74.0 Å². The molecule has 1 unspecified atom stereocenters. The molecule has 1 aliphatic carbocycles. The van der Waals surface area contributed by atoms with E-state index in [0.29, 0.717) is 75.4 Å². The highest BCUT2D eigenvalue weighted by molar-refractivity contribution is 6.07. The molecule has 2 N–H and O–H groups in total. The molecule has 0 bridgehead atoms. The number of aromatic hydroxyl groups is 1. The fourth-order valence-electron chi connectivity index (χ4n) is 7.18. The average Bonchev–Trinajstić information content (AvgIpc) is 3.46. The third-order valence-electron chi connectivity index (χ3n) is 9.37. The van der Waals surface area contributed by atoms with Crippen molar-refractivity contribution in [3.8, 4) is 51.2 Å². The summed E-state index contributed by atoms with van der Waals surface area (Å²) < 4.78 is 29.1. The Balaban J connectivity index is 0.000000183. The highest BCUT2D eigenvalue weighted by Crippen LogP contribution is 2.57. The fraction of sp³-hybridized carbons (Fsp3) is 0.114. The van der Waals surface area contributed by atoms with Crippen LogP contribution < -0.4 is 24.7 Å². The Morgan fingerprint density at radius 3 is 2.13 bits per heavy atom. The van der Waals surface area contributed by atoms with Crippen LogP contribution in [0.3, 0.4) is 0 Å². The van der Waals surface area contributed by atoms with Gasteiger partial charge in [-0.1, -0.05) is 42.5 Å². The lowest BCUT2D eigenvalue weighted by atomic mass is 9.77. The lowest BCUT2D eigenvalue weighted by Crippen LogP contribution is -2.32. The van der Waals surface area contributed by atoms with Gasteiger partial charge in [0.25, 0.3) is 0 Å². The van der Waals surface area contributed by atoms with Crippen LogP contribution in [0.1, 0.15) is 52.7 Å². The monoisotopic (exact) mass is 737 g/mol. The van der Waals surface area contributed by atoms with E-state index in [0.717, 1.165) is 16.5 Å². The number of benzene rings is 6. The van der Waals surface area contributed by atoms with E-state index in [2.05, 4.69) is 0 Å². The summed E-state index contributed by atoms with van der Waals surface area (Å²) in [5.41, 5.74) is 3.79. The van der Waals surface area contributed by atoms with Crippen molar-refractivity contribution in [3.63, 3.8) is 0 Å². The Kier molecular flexibility index (Phi) is 9.47. The minimum Gasteiger partial charge on any atom is -0.870 e. The number of esters is 1. The van der Waals surface area contributed by atoms with Crippen molar-refractivity contribution < 1.29 is 50.1 Å². The lowest BCUT2D eigenvalue weighted by Gasteiger charge is -2.36. The Morgan fingerprint density at radius 2 is 1.38 bits per heavy atom. The summed E-state index contributed by atoms with van der Waals surface area (Å²) in [7, 11) is 0. The van der Waals surface area contributed by atoms with Crippen LogP contribution in [0, 0.1) is 0 Å². The maximum atomic E-state index is 12.7. The summed E-state index contributed by atoms with van der Waals surface area (Å²) in [6.07, 6.45) is 0. The van der Waals surface area contributed by atoms with Crippen molar-refractivity contribution >= 4 is 22.9 Å². The van der Waals surface area contributed by atoms with Gasteiger partial charge in [0, 0.05) is 63.0 Å². The molecular weight excluding hydrogens is 704 g/mol. The second kappa shape index (κ2) is 14.4. The van der Waals surface area contributed by atoms with Crippen molar-refractivity contribution in [2.75, 3.05) is 13.2 Å². The number of phenolic OH excluding ortho intramolecular Hbond substituents is 1. The number of hydrogen-bond acceptors (Lipinski definition) is 11. The number of ether oxygens (including phenoxy) is 4. The number of carboxylic acids is 1. The molecule has 3 aliphatic heterocycles. The van der Waals surface area contributed by atoms with Crippen LogP contribution in [0.4, 0.5) is 0 Å². The molecule has 0 saturated carbocycles. The van der Waals surface area contributed by atoms with Gasteiger partial charge < -0.3 is 43.8 Å². The third-order valence-corrected chi connectivity index (χ3v) is 9.37. The van der Waals surface area contributed by atoms with Crippen molar-refractivity contribution in [3.05, 3.63) is 159 Å². The summed E-state index contributed by atoms with van der Waals surface area (Å²) in [4.78, 5) is 36.1. The maximum Gasteiger partial charge on any atom is 1.00 e. The number of hydrogen-bond donors (Lipinski definition) is 1. The molecule has 11 heteroatoms. The fourth-order valence-corrected chi connectivity index (χ4v) is 7.18. The molecule has 9 rings (SSSR count). The zero-order valence-electron chi connectivity index (χ0n) is 30.5. The number of carbonyl (C=O) groups is 2. The molecule has 4 aliphatic rings. The van der Waals surface area contributed by atoms with Crippen LogP contribution in [0.15, 0.2) is 131 Å². The van der Waals surface area contributed by atoms with Crippen LogP contribution in [0.5, 0.6) is 28.7 Å². The first-order chi connectivity index (χ1) is 26.2. The van der Waals surface area contributed by atoms with E-state index in [1.807, 2.05) is 50.2 Å². The molecule has 11 nitrogen and oxygen atoms in total. The Bertz CT molecular complexity index is 2650. The normalized spacial score (nSPS) is 14.7. The number of phenols is 1. The number of aromatic carboxylic acids is 1. The standard InChI is InChI=1S/2C22H16O5.H2O/c1-2-25-14-8-10-18-20(12-14)26-19-11-13(23)7-9-17(19)22(18)16-6-4-3-5-15(16)21(24)27-22;1-2-26-14-8-10-18-20(12-14)27-19-11-13(23)7-9-17(19)21(18)15-5-3-4-6-16(15)22(24)25;/h3-12,23H,2H2,1H3;3-12H,2H2,1H3,(H,24,25);1H2/p-1. The average molecular weight is 738 g/mol. The first-order valence-corrected chi connectivity index (χ1v) is 17.3. The van der Waals surface area contributed by atoms with Crippen molar-refractivity contribution in [2.45, 2.75) is 19.4 Å². The minimum atomic E-state index is -1.26. The highest BCUT2D eigenvalue weighted by Gasteiger charge is 2.53. The first kappa shape index (κ1) is 36.3. The van der Waals surface area contributed by atoms with Gasteiger partial charge >= 0.3 is 7.40 Å². The van der Waals surface area contributed by atoms with E-state index in [1.165, 1.54) is 24.3 Å². The molecule has 0 radical (unpaired) electrons. The first-order valence-electron chi connectivity index (χ1n) is 17.3. The Hall–Kier alpha value is -7.11. The zero-order valence-corrected chi connectivity index (χ0v) is 29.5. The van der Waals surface area contributed by atoms with Crippen LogP contribution in [0.25, 0.3) is 33.4 Å². The van der Waals surface area contributed by atoms with E-state index in [4.69, 9.17) is 23.4 Å². The predicted molar refractivity (Wildman–Crippen MR) is 201 cm³/mol. The van der Waals surface area contributed by atoms with Gasteiger partial charge in [0.15, 0.2) is 11.0 Å². The molecule has 5 aromatic rings. The number of carboxylic acid groups (broad SMARTS) is 1. The third kappa shape index (κ3) is 6.16. The quantitative estimate of drug-likeness (QED) is 0.131. The minimum absolute atomic E-state index is 0. The van der Waals surface area contributed by atoms with Crippen LogP contribution in [-0.4, -0.2) is 35.7 Å². The number of rotatable bonds is 6. The number of fused-ring (bicyclic) bond motifs is 8. The van der Waals surface area contributed by atoms with Crippen LogP contribution >= 0.6 is 0 Å². The summed E-state index contributed by atoms with van der Waals surface area (Å²) in [6.45, 7) is 4.82. The van der Waals surface area contributed by atoms with Gasteiger partial charge in [-0.15, -0.1) is 0 Å². The molecule has 276 valence electrons. The van der Waals surface area contributed by atoms with Crippen molar-refractivity contribution in [1.29, 1.82) is 0 Å². The van der Waals surface area contributed by atoms with Gasteiger partial charge in [-0.25, -0.2) is 4.79 Å². The molecule has 3 heterocycles. The number of carbonyl (C=O) groups excluding carboxylic acids is 2. The van der Waals surface area contributed by atoms with E-state index in [9.17, 15) is 24.6 Å². The van der Waals surface area contributed by atoms with Gasteiger partial charge in [0.2, 0.25) is 0 Å². The van der Waals surface area contributed by atoms with Gasteiger partial charge in [-0.3, -0.25) is 4.79 Å². The second-order valence-corrected chi connectivity index (χ2v) is 12.5. The molecule has 55 heavy (non-hydrogen) atoms. The van der Waals surface area contributed by atoms with Crippen molar-refractivity contribution in [2.24, 2.45) is 0 Å². The Labute approximate surface area is 315 Å². The zero-order chi connectivity index (χ0) is 37.6. The molecule has 0 saturated heterocycles. The molecule has 5 aromatic carbocycles. The summed E-state index contributed by atoms with van der Waals surface area (Å²) in [5, 5.41) is 22.3. The SMILES string of the molecule is CCOc1ccc2c(-c3ccccc3C(=O)[O-])c3ccc(=O)cc-3oc2c1.CCOc1ccc2c(c1)Oc1cc(O)ccc1C21OC(=O)c2ccccc21.[H+].[OH-]. The highest BCUT2D eigenvalue weighted by atomic mass is 16.6. The Morgan fingerprint density at radius 1 is 0.727 bits per heavy atom. The van der Waals surface area contributed by atoms with Crippen molar-refractivity contribution in [1.82, 2.24) is 0 Å². The molecular formula is C44H33O11-. The van der Waals surface area contributed by atoms with E-state index < -0.39 is 11.6 Å². The molecule has 1 atom stereocenters. The van der Waals surface area contributed by atoms with Gasteiger partial charge in [-0.2, -0.15) is 0 Å². The lowest BCUT2D eigenvalue weighted by molar-refractivity contribution is -0.254. The summed E-state index contributed by atoms with van der Waals surface area (Å²) >= 11 is 0. The second-order valence-electron chi connectivity index (χ2n) is 12.5. The van der Waals surface area contributed by atoms with E-state index in [1.54, 1.807) is 60.7 Å². The topological polar surface area (TPSA) is 175 Å². The largest absolute Gasteiger partial charge is 1.00 e. The van der Waals surface area contributed by atoms with Gasteiger partial charge in [0.1, 0.15) is 40.1 Å². The molecule has 0 amide bonds. The smallest absolute Gasteiger partial charge is 0.870 e. The van der Waals surface area contributed by atoms with E-state index >= 15 is 0 Å². The van der Waals surface area contributed by atoms with Crippen LogP contribution in [-0.2, 0) is 10.3 Å². The summed E-state index contributed by atoms with van der Waals surface area (Å²) in [6, 6.07) is 34.2. The molecule has 1 spiro atoms. The van der Waals surface area contributed by atoms with Crippen LogP contribution in [0.2, 0.25) is 0 Å². The molecule has 0 fully saturated rings. The van der Waals surface area contributed by atoms with E-state index in [-0.39, 0.29) is 29.6 Å². The predicted octanol–water partition coefficient (Wildman–Crippen LogP) is 7.62. The maximum absolute atomic E-state index is 12.7. The molecule has 0 aromatic heterocycles. The van der Waals surface area contributed by atoms with Gasteiger partial charge in [0.05, 0.1) is 24.7 Å².